The molecule has 0 radical (unpaired) electrons. The number of nitriles is 1. The highest BCUT2D eigenvalue weighted by atomic mass is 35.5. The van der Waals surface area contributed by atoms with E-state index in [9.17, 15) is 22.1 Å². The third kappa shape index (κ3) is 12.0. The zero-order valence-electron chi connectivity index (χ0n) is 36.4. The summed E-state index contributed by atoms with van der Waals surface area (Å²) in [5, 5.41) is 10.9. The van der Waals surface area contributed by atoms with E-state index >= 15 is 0 Å². The Morgan fingerprint density at radius 2 is 1.15 bits per heavy atom. The van der Waals surface area contributed by atoms with E-state index in [1.807, 2.05) is 37.8 Å². The van der Waals surface area contributed by atoms with Crippen molar-refractivity contribution in [1.82, 2.24) is 9.97 Å². The lowest BCUT2D eigenvalue weighted by atomic mass is 9.68. The molecule has 6 aromatic rings. The first-order valence-corrected chi connectivity index (χ1v) is 26.3. The molecule has 1 atom stereocenters. The molecule has 0 amide bonds. The lowest BCUT2D eigenvalue weighted by molar-refractivity contribution is 0.264. The van der Waals surface area contributed by atoms with Crippen molar-refractivity contribution < 1.29 is 44.6 Å². The normalized spacial score (nSPS) is 12.9. The monoisotopic (exact) mass is 1070 g/mol. The van der Waals surface area contributed by atoms with Gasteiger partial charge in [-0.1, -0.05) is 59.4 Å². The van der Waals surface area contributed by atoms with Crippen LogP contribution in [0, 0.1) is 11.3 Å². The number of ether oxygens (including phenoxy) is 4. The van der Waals surface area contributed by atoms with Crippen LogP contribution < -0.4 is 23.8 Å². The van der Waals surface area contributed by atoms with Crippen molar-refractivity contribution in [3.63, 3.8) is 0 Å². The summed E-state index contributed by atoms with van der Waals surface area (Å²) in [6, 6.07) is 21.3. The third-order valence-corrected chi connectivity index (χ3v) is 13.9. The minimum Gasteiger partial charge on any atom is -0.489 e. The molecule has 67 heavy (non-hydrogen) atoms. The van der Waals surface area contributed by atoms with Crippen LogP contribution in [0.2, 0.25) is 20.1 Å². The Hall–Kier alpha value is -4.57. The Morgan fingerprint density at radius 1 is 0.657 bits per heavy atom. The van der Waals surface area contributed by atoms with E-state index in [0.717, 1.165) is 25.3 Å². The lowest BCUT2D eigenvalue weighted by Gasteiger charge is -2.46. The molecule has 0 spiro atoms. The van der Waals surface area contributed by atoms with Gasteiger partial charge in [0.15, 0.2) is 65.5 Å². The zero-order chi connectivity index (χ0) is 48.9. The molecule has 1 unspecified atom stereocenters. The van der Waals surface area contributed by atoms with E-state index < -0.39 is 30.6 Å². The van der Waals surface area contributed by atoms with Gasteiger partial charge in [0.1, 0.15) is 44.0 Å². The quantitative estimate of drug-likeness (QED) is 0.0620. The minimum absolute atomic E-state index is 0.0303. The SMILES string of the molecule is CC(CC(C)(C)N(c1ccc(OCc2ocnc2S(C)(=O)=O)cc1)c1cc(Cl)c(OCCCl)c(Cl)c1)(c1cc(Cl)c(OCCCl)c(Cl)c1)c1ccc(OCc2ocnc2S(C)(=O)=O)c(C#N)c1. The second kappa shape index (κ2) is 21.4. The summed E-state index contributed by atoms with van der Waals surface area (Å²) in [4.78, 5) is 9.66. The number of aromatic nitrogens is 2. The van der Waals surface area contributed by atoms with Crippen LogP contribution in [0.1, 0.15) is 55.4 Å². The van der Waals surface area contributed by atoms with E-state index in [1.54, 1.807) is 54.6 Å². The fourth-order valence-corrected chi connectivity index (χ4v) is 10.5. The highest BCUT2D eigenvalue weighted by molar-refractivity contribution is 7.90. The molecular weight excluding hydrogens is 1030 g/mol. The van der Waals surface area contributed by atoms with Gasteiger partial charge >= 0.3 is 0 Å². The highest BCUT2D eigenvalue weighted by Crippen LogP contribution is 2.49. The van der Waals surface area contributed by atoms with E-state index in [4.69, 9.17) is 97.4 Å². The van der Waals surface area contributed by atoms with Crippen molar-refractivity contribution >= 4 is 101 Å². The topological polar surface area (TPSA) is 184 Å². The molecule has 4 aromatic carbocycles. The zero-order valence-corrected chi connectivity index (χ0v) is 42.6. The van der Waals surface area contributed by atoms with Gasteiger partial charge in [-0.15, -0.1) is 23.2 Å². The van der Waals surface area contributed by atoms with Crippen molar-refractivity contribution in [2.75, 3.05) is 42.4 Å². The van der Waals surface area contributed by atoms with Crippen molar-refractivity contribution in [2.45, 2.75) is 61.4 Å². The first kappa shape index (κ1) is 51.8. The molecule has 6 rings (SSSR count). The molecule has 14 nitrogen and oxygen atoms in total. The highest BCUT2D eigenvalue weighted by Gasteiger charge is 2.41. The molecule has 0 aliphatic rings. The van der Waals surface area contributed by atoms with E-state index in [-0.39, 0.29) is 109 Å². The Balaban J connectivity index is 1.46. The van der Waals surface area contributed by atoms with Gasteiger partial charge in [0.25, 0.3) is 0 Å². The number of oxazole rings is 2. The maximum atomic E-state index is 12.3. The van der Waals surface area contributed by atoms with E-state index in [0.29, 0.717) is 28.3 Å². The third-order valence-electron chi connectivity index (χ3n) is 10.4. The molecule has 0 saturated carbocycles. The number of anilines is 2. The fourth-order valence-electron chi connectivity index (χ4n) is 7.66. The Bertz CT molecular complexity index is 2970. The molecule has 0 aliphatic carbocycles. The van der Waals surface area contributed by atoms with Crippen molar-refractivity contribution in [3.05, 3.63) is 128 Å². The standard InChI is InChI=1S/C45H42Cl6N4O10S2/c1-44(2,55(31-19-35(50)41(36(51)20-31)61-15-13-47)30-7-9-32(10-8-30)62-22-38-42(53-25-64-38)66(4,56)57)24-45(3,29-17-33(48)40(34(49)18-29)60-14-12-46)28-6-11-37(27(16-28)21-52)63-23-39-43(54-26-65-39)67(5,58)59/h6-11,16-20,25-26H,12-15,22-24H2,1-5H3. The number of benzene rings is 4. The largest absolute Gasteiger partial charge is 0.489 e. The summed E-state index contributed by atoms with van der Waals surface area (Å²) in [5.41, 5.74) is 0.693. The second-order valence-electron chi connectivity index (χ2n) is 15.8. The van der Waals surface area contributed by atoms with Crippen LogP contribution in [0.3, 0.4) is 0 Å². The van der Waals surface area contributed by atoms with E-state index in [2.05, 4.69) is 16.0 Å². The predicted molar refractivity (Wildman–Crippen MR) is 258 cm³/mol. The summed E-state index contributed by atoms with van der Waals surface area (Å²) in [7, 11) is -7.39. The van der Waals surface area contributed by atoms with Gasteiger partial charge in [0.2, 0.25) is 0 Å². The number of alkyl halides is 2. The molecule has 0 aliphatic heterocycles. The van der Waals surface area contributed by atoms with E-state index in [1.165, 1.54) is 0 Å². The van der Waals surface area contributed by atoms with Crippen molar-refractivity contribution in [1.29, 1.82) is 5.26 Å². The summed E-state index contributed by atoms with van der Waals surface area (Å²) in [5.74, 6) is 1.46. The maximum Gasteiger partial charge on any atom is 0.200 e. The number of rotatable bonds is 21. The number of nitrogens with zero attached hydrogens (tertiary/aromatic N) is 4. The summed E-state index contributed by atoms with van der Waals surface area (Å²) in [6.45, 7) is 5.77. The average Bonchev–Trinajstić information content (AvgIpc) is 3.96. The Morgan fingerprint density at radius 3 is 1.63 bits per heavy atom. The molecule has 0 fully saturated rings. The number of sulfone groups is 2. The van der Waals surface area contributed by atoms with Crippen LogP contribution in [-0.2, 0) is 38.3 Å². The Labute approximate surface area is 418 Å². The van der Waals surface area contributed by atoms with Crippen LogP contribution in [-0.4, -0.2) is 69.8 Å². The van der Waals surface area contributed by atoms with Gasteiger partial charge in [-0.25, -0.2) is 26.8 Å². The molecule has 2 aromatic heterocycles. The van der Waals surface area contributed by atoms with Gasteiger partial charge in [-0.3, -0.25) is 0 Å². The maximum absolute atomic E-state index is 12.3. The average molecular weight is 1080 g/mol. The number of hydrogen-bond donors (Lipinski definition) is 0. The molecule has 0 saturated heterocycles. The van der Waals surface area contributed by atoms with Crippen LogP contribution in [0.5, 0.6) is 23.0 Å². The molecule has 0 N–H and O–H groups in total. The molecule has 22 heteroatoms. The first-order valence-electron chi connectivity index (χ1n) is 19.9. The first-order chi connectivity index (χ1) is 31.6. The van der Waals surface area contributed by atoms with Gasteiger partial charge in [-0.2, -0.15) is 5.26 Å². The van der Waals surface area contributed by atoms with Gasteiger partial charge in [0.05, 0.1) is 37.4 Å². The van der Waals surface area contributed by atoms with Gasteiger partial charge in [0, 0.05) is 34.8 Å². The molecule has 356 valence electrons. The van der Waals surface area contributed by atoms with Gasteiger partial charge < -0.3 is 32.7 Å². The van der Waals surface area contributed by atoms with Crippen molar-refractivity contribution in [2.24, 2.45) is 0 Å². The van der Waals surface area contributed by atoms with Gasteiger partial charge in [-0.05, 0) is 92.1 Å². The number of halogens is 6. The summed E-state index contributed by atoms with van der Waals surface area (Å²) in [6.07, 6.45) is 4.36. The summed E-state index contributed by atoms with van der Waals surface area (Å²) < 4.78 is 83.2. The lowest BCUT2D eigenvalue weighted by Crippen LogP contribution is -2.46. The van der Waals surface area contributed by atoms with Crippen LogP contribution in [0.25, 0.3) is 0 Å². The summed E-state index contributed by atoms with van der Waals surface area (Å²) >= 11 is 39.4. The Kier molecular flexibility index (Phi) is 16.5. The van der Waals surface area contributed by atoms with Crippen LogP contribution >= 0.6 is 69.6 Å². The van der Waals surface area contributed by atoms with Crippen molar-refractivity contribution in [3.8, 4) is 29.1 Å². The molecule has 0 bridgehead atoms. The minimum atomic E-state index is -3.72. The second-order valence-corrected chi connectivity index (χ2v) is 22.1. The van der Waals surface area contributed by atoms with Crippen LogP contribution in [0.15, 0.2) is 98.4 Å². The van der Waals surface area contributed by atoms with Crippen LogP contribution in [0.4, 0.5) is 11.4 Å². The number of hydrogen-bond acceptors (Lipinski definition) is 14. The molecule has 2 heterocycles. The predicted octanol–water partition coefficient (Wildman–Crippen LogP) is 11.7. The smallest absolute Gasteiger partial charge is 0.200 e. The fraction of sp³-hybridized carbons (Fsp3) is 0.311. The molecular formula is C45H42Cl6N4O10S2.